The topological polar surface area (TPSA) is 33.0 Å². The summed E-state index contributed by atoms with van der Waals surface area (Å²) >= 11 is 0. The first-order valence-electron chi connectivity index (χ1n) is 2.74. The molecule has 0 saturated carbocycles. The average molecular weight is 122 g/mol. The largest absolute Gasteiger partial charge is 0.391 e. The van der Waals surface area contributed by atoms with Crippen LogP contribution in [-0.4, -0.2) is 0 Å². The third-order valence-electron chi connectivity index (χ3n) is 1.20. The maximum Gasteiger partial charge on any atom is 0.152 e. The normalized spacial score (nSPS) is 9.11. The molecule has 47 valence electrons. The maximum absolute atomic E-state index is 6.58. The second-order valence-corrected chi connectivity index (χ2v) is 1.87. The van der Waals surface area contributed by atoms with Gasteiger partial charge in [0.05, 0.1) is 0 Å². The SMILES string of the molecule is Cc1ccccc1O[NH]. The average Bonchev–Trinajstić information content (AvgIpc) is 1.89. The predicted molar refractivity (Wildman–Crippen MR) is 34.9 cm³/mol. The Hall–Kier alpha value is -1.02. The van der Waals surface area contributed by atoms with E-state index in [-0.39, 0.29) is 0 Å². The van der Waals surface area contributed by atoms with Gasteiger partial charge < -0.3 is 4.84 Å². The molecule has 0 aliphatic heterocycles. The lowest BCUT2D eigenvalue weighted by Gasteiger charge is -1.98. The number of hydrogen-bond donors (Lipinski definition) is 0. The second-order valence-electron chi connectivity index (χ2n) is 1.87. The third kappa shape index (κ3) is 1.21. The number of aryl methyl sites for hydroxylation is 1. The molecule has 1 aromatic carbocycles. The summed E-state index contributed by atoms with van der Waals surface area (Å²) in [6.07, 6.45) is 0. The summed E-state index contributed by atoms with van der Waals surface area (Å²) in [7, 11) is 0. The van der Waals surface area contributed by atoms with Crippen molar-refractivity contribution in [2.75, 3.05) is 0 Å². The number of para-hydroxylation sites is 1. The zero-order chi connectivity index (χ0) is 6.69. The monoisotopic (exact) mass is 122 g/mol. The van der Waals surface area contributed by atoms with Crippen LogP contribution in [0, 0.1) is 6.92 Å². The Morgan fingerprint density at radius 1 is 1.33 bits per heavy atom. The van der Waals surface area contributed by atoms with Crippen LogP contribution < -0.4 is 10.7 Å². The van der Waals surface area contributed by atoms with Gasteiger partial charge in [-0.3, -0.25) is 0 Å². The summed E-state index contributed by atoms with van der Waals surface area (Å²) in [6.45, 7) is 1.91. The van der Waals surface area contributed by atoms with Crippen LogP contribution in [0.5, 0.6) is 5.75 Å². The number of benzene rings is 1. The zero-order valence-electron chi connectivity index (χ0n) is 5.22. The molecule has 0 spiro atoms. The lowest BCUT2D eigenvalue weighted by molar-refractivity contribution is 0.306. The van der Waals surface area contributed by atoms with Crippen molar-refractivity contribution < 1.29 is 4.84 Å². The molecule has 0 unspecified atom stereocenters. The minimum atomic E-state index is 0.623. The molecule has 1 N–H and O–H groups in total. The van der Waals surface area contributed by atoms with Gasteiger partial charge in [-0.05, 0) is 18.6 Å². The smallest absolute Gasteiger partial charge is 0.152 e. The van der Waals surface area contributed by atoms with E-state index in [0.717, 1.165) is 5.56 Å². The summed E-state index contributed by atoms with van der Waals surface area (Å²) in [6, 6.07) is 7.43. The molecular formula is C7H8NO. The molecule has 0 amide bonds. The highest BCUT2D eigenvalue weighted by atomic mass is 16.6. The number of nitrogens with one attached hydrogen (secondary N) is 1. The van der Waals surface area contributed by atoms with E-state index in [0.29, 0.717) is 5.75 Å². The van der Waals surface area contributed by atoms with Gasteiger partial charge in [0.1, 0.15) is 0 Å². The van der Waals surface area contributed by atoms with Crippen molar-refractivity contribution in [2.45, 2.75) is 6.92 Å². The van der Waals surface area contributed by atoms with E-state index < -0.39 is 0 Å². The highest BCUT2D eigenvalue weighted by Gasteiger charge is 1.92. The molecule has 2 nitrogen and oxygen atoms in total. The molecule has 1 rings (SSSR count). The fourth-order valence-electron chi connectivity index (χ4n) is 0.671. The number of rotatable bonds is 1. The minimum absolute atomic E-state index is 0.623. The summed E-state index contributed by atoms with van der Waals surface area (Å²) in [5.74, 6) is 7.21. The first-order chi connectivity index (χ1) is 4.34. The van der Waals surface area contributed by atoms with Crippen LogP contribution >= 0.6 is 0 Å². The zero-order valence-corrected chi connectivity index (χ0v) is 5.22. The van der Waals surface area contributed by atoms with Crippen molar-refractivity contribution in [3.8, 4) is 5.75 Å². The Balaban J connectivity index is 3.01. The Kier molecular flexibility index (Phi) is 1.70. The Labute approximate surface area is 54.2 Å². The van der Waals surface area contributed by atoms with Gasteiger partial charge in [-0.15, -0.1) is 0 Å². The first-order valence-corrected chi connectivity index (χ1v) is 2.74. The Morgan fingerprint density at radius 3 is 2.44 bits per heavy atom. The molecule has 0 bridgehead atoms. The van der Waals surface area contributed by atoms with Gasteiger partial charge in [-0.25, -0.2) is 0 Å². The van der Waals surface area contributed by atoms with Crippen LogP contribution in [0.1, 0.15) is 5.56 Å². The van der Waals surface area contributed by atoms with E-state index >= 15 is 0 Å². The molecular weight excluding hydrogens is 114 g/mol. The molecule has 9 heavy (non-hydrogen) atoms. The highest BCUT2D eigenvalue weighted by Crippen LogP contribution is 2.13. The van der Waals surface area contributed by atoms with Crippen LogP contribution in [0.3, 0.4) is 0 Å². The molecule has 0 aliphatic carbocycles. The van der Waals surface area contributed by atoms with E-state index in [1.54, 1.807) is 6.07 Å². The van der Waals surface area contributed by atoms with E-state index in [9.17, 15) is 0 Å². The van der Waals surface area contributed by atoms with Gasteiger partial charge in [0.2, 0.25) is 0 Å². The molecule has 0 heterocycles. The second kappa shape index (κ2) is 2.51. The van der Waals surface area contributed by atoms with Gasteiger partial charge in [0.15, 0.2) is 5.75 Å². The lowest BCUT2D eigenvalue weighted by atomic mass is 10.2. The minimum Gasteiger partial charge on any atom is -0.391 e. The van der Waals surface area contributed by atoms with Gasteiger partial charge in [-0.2, -0.15) is 0 Å². The van der Waals surface area contributed by atoms with E-state index in [1.165, 1.54) is 0 Å². The molecule has 1 radical (unpaired) electrons. The molecule has 0 atom stereocenters. The fourth-order valence-corrected chi connectivity index (χ4v) is 0.671. The molecule has 1 aromatic rings. The molecule has 2 heteroatoms. The van der Waals surface area contributed by atoms with E-state index in [2.05, 4.69) is 4.84 Å². The van der Waals surface area contributed by atoms with Crippen LogP contribution in [0.25, 0.3) is 0 Å². The van der Waals surface area contributed by atoms with Crippen molar-refractivity contribution in [3.05, 3.63) is 29.8 Å². The van der Waals surface area contributed by atoms with Crippen LogP contribution in [0.15, 0.2) is 24.3 Å². The van der Waals surface area contributed by atoms with Gasteiger partial charge in [0, 0.05) is 0 Å². The van der Waals surface area contributed by atoms with Crippen molar-refractivity contribution in [2.24, 2.45) is 0 Å². The Bertz CT molecular complexity index is 198. The first kappa shape index (κ1) is 6.11. The Morgan fingerprint density at radius 2 is 2.00 bits per heavy atom. The van der Waals surface area contributed by atoms with Crippen molar-refractivity contribution in [3.63, 3.8) is 0 Å². The third-order valence-corrected chi connectivity index (χ3v) is 1.20. The predicted octanol–water partition coefficient (Wildman–Crippen LogP) is 1.57. The van der Waals surface area contributed by atoms with Crippen LogP contribution in [0.2, 0.25) is 0 Å². The summed E-state index contributed by atoms with van der Waals surface area (Å²) in [5.41, 5.74) is 0.993. The van der Waals surface area contributed by atoms with Gasteiger partial charge in [0.25, 0.3) is 0 Å². The molecule has 0 saturated heterocycles. The molecule has 0 aliphatic rings. The summed E-state index contributed by atoms with van der Waals surface area (Å²) < 4.78 is 0. The fraction of sp³-hybridized carbons (Fsp3) is 0.143. The number of hydrogen-bond acceptors (Lipinski definition) is 1. The summed E-state index contributed by atoms with van der Waals surface area (Å²) in [5, 5.41) is 0. The quantitative estimate of drug-likeness (QED) is 0.520. The van der Waals surface area contributed by atoms with Gasteiger partial charge in [-0.1, -0.05) is 24.1 Å². The molecule has 0 fully saturated rings. The van der Waals surface area contributed by atoms with Crippen molar-refractivity contribution >= 4 is 0 Å². The highest BCUT2D eigenvalue weighted by molar-refractivity contribution is 5.31. The van der Waals surface area contributed by atoms with Crippen LogP contribution in [0.4, 0.5) is 0 Å². The molecule has 0 aromatic heterocycles. The van der Waals surface area contributed by atoms with Gasteiger partial charge >= 0.3 is 0 Å². The lowest BCUT2D eigenvalue weighted by Crippen LogP contribution is -1.88. The standard InChI is InChI=1S/C7H8NO/c1-6-4-2-3-5-7(6)9-8/h2-5,8H,1H3. The van der Waals surface area contributed by atoms with E-state index in [1.807, 2.05) is 25.1 Å². The van der Waals surface area contributed by atoms with E-state index in [4.69, 9.17) is 5.90 Å². The summed E-state index contributed by atoms with van der Waals surface area (Å²) in [4.78, 5) is 4.29. The van der Waals surface area contributed by atoms with Crippen LogP contribution in [-0.2, 0) is 0 Å². The van der Waals surface area contributed by atoms with Crippen molar-refractivity contribution in [1.29, 1.82) is 0 Å². The van der Waals surface area contributed by atoms with Crippen molar-refractivity contribution in [1.82, 2.24) is 5.90 Å². The maximum atomic E-state index is 6.58.